The maximum absolute atomic E-state index is 15.3. The average molecular weight is 1060 g/mol. The van der Waals surface area contributed by atoms with Crippen molar-refractivity contribution in [2.75, 3.05) is 0 Å². The zero-order valence-electron chi connectivity index (χ0n) is 49.3. The molecule has 0 unspecified atom stereocenters. The van der Waals surface area contributed by atoms with E-state index < -0.39 is 0 Å². The molecule has 0 bridgehead atoms. The second-order valence-electron chi connectivity index (χ2n) is 25.0. The van der Waals surface area contributed by atoms with Crippen LogP contribution in [0.25, 0.3) is 87.6 Å². The monoisotopic (exact) mass is 1060 g/mol. The Balaban J connectivity index is 1.06. The standard InChI is InChI=1S/C78H90O2/c1-5-9-13-17-21-31-43-77(44-32-22-18-14-10-6-2)71-47-57(55-35-27-25-28-36-55)39-41-59(71)65-51-69-63(53-73(65)77)61-49-68-62(50-67(61)75(69)79)64-54-74-66(52-70(64)76(68)80)60-42-40-58(56-37-29-26-30-38-56)48-72(60)78(74,45-33-23-19-15-11-7-3)46-34-24-20-16-12-8-4/h25-30,35-42,47-54H,5-24,31-34,43-46H2,1-4H3. The van der Waals surface area contributed by atoms with Crippen LogP contribution in [0.1, 0.15) is 230 Å². The summed E-state index contributed by atoms with van der Waals surface area (Å²) in [6.45, 7) is 9.23. The van der Waals surface area contributed by atoms with E-state index in [1.54, 1.807) is 0 Å². The van der Waals surface area contributed by atoms with Gasteiger partial charge in [0.05, 0.1) is 0 Å². The SMILES string of the molecule is CCCCCCCCC1(CCCCCCCC)c2cc(-c3ccccc3)ccc2-c2cc3c(=O)c4cc5c(cc4c3cc21)c(=O)c1cc2c(cc15)C(CCCCCCCC)(CCCCCCCC)c1cc(-c3ccccc3)ccc1-2. The van der Waals surface area contributed by atoms with Crippen LogP contribution in [0.2, 0.25) is 0 Å². The normalized spacial score (nSPS) is 13.9. The summed E-state index contributed by atoms with van der Waals surface area (Å²) < 4.78 is 0. The Labute approximate surface area is 479 Å². The third-order valence-corrected chi connectivity index (χ3v) is 19.8. The second-order valence-corrected chi connectivity index (χ2v) is 25.0. The van der Waals surface area contributed by atoms with Gasteiger partial charge in [0, 0.05) is 32.4 Å². The van der Waals surface area contributed by atoms with E-state index in [4.69, 9.17) is 0 Å². The van der Waals surface area contributed by atoms with Crippen molar-refractivity contribution in [3.05, 3.63) is 176 Å². The van der Waals surface area contributed by atoms with E-state index >= 15 is 9.59 Å². The van der Waals surface area contributed by atoms with Gasteiger partial charge in [-0.05, 0) is 163 Å². The van der Waals surface area contributed by atoms with Crippen LogP contribution in [-0.2, 0) is 10.8 Å². The third-order valence-electron chi connectivity index (χ3n) is 19.8. The van der Waals surface area contributed by atoms with Crippen LogP contribution >= 0.6 is 0 Å². The van der Waals surface area contributed by atoms with Gasteiger partial charge >= 0.3 is 0 Å². The molecule has 0 atom stereocenters. The van der Waals surface area contributed by atoms with Crippen LogP contribution < -0.4 is 10.9 Å². The molecule has 11 rings (SSSR count). The molecular formula is C78H90O2. The number of unbranched alkanes of at least 4 members (excludes halogenated alkanes) is 20. The predicted octanol–water partition coefficient (Wildman–Crippen LogP) is 22.8. The highest BCUT2D eigenvalue weighted by Crippen LogP contribution is 2.58. The Hall–Kier alpha value is -6.12. The molecular weight excluding hydrogens is 969 g/mol. The Morgan fingerprint density at radius 2 is 0.537 bits per heavy atom. The van der Waals surface area contributed by atoms with Crippen molar-refractivity contribution in [2.24, 2.45) is 0 Å². The summed E-state index contributed by atoms with van der Waals surface area (Å²) in [6, 6.07) is 50.0. The van der Waals surface area contributed by atoms with E-state index in [9.17, 15) is 0 Å². The predicted molar refractivity (Wildman–Crippen MR) is 347 cm³/mol. The number of benzene rings is 7. The number of fused-ring (bicyclic) bond motifs is 12. The van der Waals surface area contributed by atoms with Gasteiger partial charge in [0.15, 0.2) is 10.9 Å². The first-order valence-electron chi connectivity index (χ1n) is 32.4. The molecule has 0 fully saturated rings. The lowest BCUT2D eigenvalue weighted by Crippen LogP contribution is -2.25. The first-order valence-corrected chi connectivity index (χ1v) is 32.4. The van der Waals surface area contributed by atoms with Gasteiger partial charge in [-0.3, -0.25) is 9.59 Å². The van der Waals surface area contributed by atoms with Gasteiger partial charge in [-0.25, -0.2) is 0 Å². The number of rotatable bonds is 30. The fourth-order valence-corrected chi connectivity index (χ4v) is 15.4. The summed E-state index contributed by atoms with van der Waals surface area (Å²) in [6.07, 6.45) is 34.7. The lowest BCUT2D eigenvalue weighted by molar-refractivity contribution is 0.398. The minimum Gasteiger partial charge on any atom is -0.289 e. The highest BCUT2D eigenvalue weighted by Gasteiger charge is 2.45. The van der Waals surface area contributed by atoms with Gasteiger partial charge in [0.25, 0.3) is 0 Å². The van der Waals surface area contributed by atoms with Crippen LogP contribution in [-0.4, -0.2) is 0 Å². The topological polar surface area (TPSA) is 34.1 Å². The summed E-state index contributed by atoms with van der Waals surface area (Å²) in [5, 5.41) is 7.00. The first kappa shape index (κ1) is 55.8. The number of hydrogen-bond donors (Lipinski definition) is 0. The molecule has 0 radical (unpaired) electrons. The van der Waals surface area contributed by atoms with Crippen molar-refractivity contribution in [2.45, 2.75) is 218 Å². The van der Waals surface area contributed by atoms with Crippen molar-refractivity contribution in [1.82, 2.24) is 0 Å². The van der Waals surface area contributed by atoms with Crippen LogP contribution in [0.5, 0.6) is 0 Å². The zero-order valence-corrected chi connectivity index (χ0v) is 49.3. The third kappa shape index (κ3) is 10.7. The van der Waals surface area contributed by atoms with Gasteiger partial charge in [0.2, 0.25) is 0 Å². The van der Waals surface area contributed by atoms with Crippen molar-refractivity contribution in [3.8, 4) is 44.5 Å². The molecule has 9 aromatic carbocycles. The Morgan fingerprint density at radius 1 is 0.250 bits per heavy atom. The molecule has 80 heavy (non-hydrogen) atoms. The van der Waals surface area contributed by atoms with Crippen molar-refractivity contribution >= 4 is 43.1 Å². The number of hydrogen-bond acceptors (Lipinski definition) is 2. The van der Waals surface area contributed by atoms with Crippen molar-refractivity contribution < 1.29 is 0 Å². The van der Waals surface area contributed by atoms with E-state index in [-0.39, 0.29) is 21.7 Å². The Kier molecular flexibility index (Phi) is 17.7. The molecule has 0 spiro atoms. The summed E-state index contributed by atoms with van der Waals surface area (Å²) in [4.78, 5) is 30.6. The summed E-state index contributed by atoms with van der Waals surface area (Å²) >= 11 is 0. The van der Waals surface area contributed by atoms with Crippen LogP contribution in [0, 0.1) is 0 Å². The summed E-state index contributed by atoms with van der Waals surface area (Å²) in [5.74, 6) is 0. The Bertz CT molecular complexity index is 3380. The average Bonchev–Trinajstić information content (AvgIpc) is 4.27. The summed E-state index contributed by atoms with van der Waals surface area (Å²) in [5.41, 5.74) is 15.6. The lowest BCUT2D eigenvalue weighted by Gasteiger charge is -2.33. The van der Waals surface area contributed by atoms with Crippen molar-refractivity contribution in [1.29, 1.82) is 0 Å². The molecule has 2 heteroatoms. The highest BCUT2D eigenvalue weighted by molar-refractivity contribution is 6.22. The first-order chi connectivity index (χ1) is 39.4. The van der Waals surface area contributed by atoms with Gasteiger partial charge in [0.1, 0.15) is 0 Å². The summed E-state index contributed by atoms with van der Waals surface area (Å²) in [7, 11) is 0. The fourth-order valence-electron chi connectivity index (χ4n) is 15.4. The van der Waals surface area contributed by atoms with Crippen LogP contribution in [0.3, 0.4) is 0 Å². The van der Waals surface area contributed by atoms with Crippen molar-refractivity contribution in [3.63, 3.8) is 0 Å². The molecule has 0 N–H and O–H groups in total. The molecule has 0 aromatic heterocycles. The van der Waals surface area contributed by atoms with Crippen LogP contribution in [0.4, 0.5) is 0 Å². The maximum atomic E-state index is 15.3. The quantitative estimate of drug-likeness (QED) is 0.0421. The van der Waals surface area contributed by atoms with Gasteiger partial charge in [-0.15, -0.1) is 0 Å². The molecule has 0 saturated heterocycles. The smallest absolute Gasteiger partial charge is 0.194 e. The minimum absolute atomic E-state index is 0.0933. The van der Waals surface area contributed by atoms with E-state index in [1.165, 1.54) is 221 Å². The largest absolute Gasteiger partial charge is 0.289 e. The van der Waals surface area contributed by atoms with E-state index in [1.807, 2.05) is 0 Å². The lowest BCUT2D eigenvalue weighted by atomic mass is 9.70. The second kappa shape index (κ2) is 25.3. The highest BCUT2D eigenvalue weighted by atomic mass is 16.1. The van der Waals surface area contributed by atoms with Gasteiger partial charge in [-0.2, -0.15) is 0 Å². The fraction of sp³-hybridized carbons (Fsp3) is 0.436. The Morgan fingerprint density at radius 3 is 0.875 bits per heavy atom. The maximum Gasteiger partial charge on any atom is 0.194 e. The molecule has 2 aliphatic carbocycles. The molecule has 414 valence electrons. The van der Waals surface area contributed by atoms with E-state index in [0.717, 1.165) is 68.8 Å². The molecule has 9 aromatic rings. The molecule has 2 nitrogen and oxygen atoms in total. The van der Waals surface area contributed by atoms with Gasteiger partial charge < -0.3 is 0 Å². The molecule has 0 amide bonds. The van der Waals surface area contributed by atoms with E-state index in [0.29, 0.717) is 0 Å². The molecule has 0 saturated carbocycles. The van der Waals surface area contributed by atoms with Gasteiger partial charge in [-0.1, -0.05) is 267 Å². The molecule has 0 heterocycles. The zero-order chi connectivity index (χ0) is 55.1. The minimum atomic E-state index is -0.162. The van der Waals surface area contributed by atoms with E-state index in [2.05, 4.69) is 161 Å². The molecule has 0 aliphatic heterocycles. The molecule has 2 aliphatic rings. The van der Waals surface area contributed by atoms with Crippen LogP contribution in [0.15, 0.2) is 143 Å².